The fraction of sp³-hybridized carbons (Fsp3) is 0.333. The number of nitrogens with one attached hydrogen (secondary N) is 1. The molecule has 0 aliphatic heterocycles. The molecule has 9 heteroatoms. The molecule has 0 aromatic heterocycles. The Morgan fingerprint density at radius 1 is 1.43 bits per heavy atom. The molecule has 21 heavy (non-hydrogen) atoms. The lowest BCUT2D eigenvalue weighted by atomic mass is 10.1. The van der Waals surface area contributed by atoms with E-state index in [0.717, 1.165) is 0 Å². The summed E-state index contributed by atoms with van der Waals surface area (Å²) < 4.78 is 8.90. The number of amides is 1. The maximum atomic E-state index is 11.9. The number of esters is 1. The van der Waals surface area contributed by atoms with Crippen molar-refractivity contribution < 1.29 is 24.0 Å². The molecule has 0 fully saturated rings. The molecule has 1 unspecified atom stereocenters. The standard InChI is InChI=1S/C12H13IN2O6/c1-20-10-5-7(3-4-9(10)15(18)19)11(16)14-6-8(13)12(17)21-2/h3-5,8H,6H2,1-2H3,(H,14,16). The van der Waals surface area contributed by atoms with E-state index in [2.05, 4.69) is 10.1 Å². The van der Waals surface area contributed by atoms with E-state index in [0.29, 0.717) is 0 Å². The number of carbonyl (C=O) groups is 2. The highest BCUT2D eigenvalue weighted by atomic mass is 127. The molecule has 1 N–H and O–H groups in total. The van der Waals surface area contributed by atoms with E-state index in [1.807, 2.05) is 22.6 Å². The zero-order valence-corrected chi connectivity index (χ0v) is 13.4. The number of ether oxygens (including phenoxy) is 2. The molecule has 0 saturated heterocycles. The quantitative estimate of drug-likeness (QED) is 0.250. The highest BCUT2D eigenvalue weighted by molar-refractivity contribution is 14.1. The summed E-state index contributed by atoms with van der Waals surface area (Å²) in [7, 11) is 2.54. The summed E-state index contributed by atoms with van der Waals surface area (Å²) in [5, 5.41) is 13.3. The summed E-state index contributed by atoms with van der Waals surface area (Å²) >= 11 is 1.85. The number of alkyl halides is 1. The van der Waals surface area contributed by atoms with Crippen LogP contribution in [0.5, 0.6) is 5.75 Å². The predicted molar refractivity (Wildman–Crippen MR) is 81.8 cm³/mol. The Morgan fingerprint density at radius 2 is 2.10 bits per heavy atom. The van der Waals surface area contributed by atoms with Gasteiger partial charge in [-0.3, -0.25) is 19.7 Å². The Labute approximate surface area is 134 Å². The molecule has 1 aromatic rings. The smallest absolute Gasteiger partial charge is 0.320 e. The van der Waals surface area contributed by atoms with Crippen LogP contribution in [0.15, 0.2) is 18.2 Å². The highest BCUT2D eigenvalue weighted by Crippen LogP contribution is 2.27. The Hall–Kier alpha value is -1.91. The first-order chi connectivity index (χ1) is 9.90. The first kappa shape index (κ1) is 17.1. The summed E-state index contributed by atoms with van der Waals surface area (Å²) in [5.74, 6) is -0.919. The monoisotopic (exact) mass is 408 g/mol. The fourth-order valence-electron chi connectivity index (χ4n) is 1.47. The number of benzene rings is 1. The van der Waals surface area contributed by atoms with Gasteiger partial charge in [-0.05, 0) is 6.07 Å². The number of methoxy groups -OCH3 is 2. The number of hydrogen-bond donors (Lipinski definition) is 1. The second kappa shape index (κ2) is 7.76. The number of halogens is 1. The van der Waals surface area contributed by atoms with Gasteiger partial charge < -0.3 is 14.8 Å². The molecule has 0 aliphatic carbocycles. The molecular weight excluding hydrogens is 395 g/mol. The Balaban J connectivity index is 2.79. The summed E-state index contributed by atoms with van der Waals surface area (Å²) in [4.78, 5) is 33.3. The summed E-state index contributed by atoms with van der Waals surface area (Å²) in [6.07, 6.45) is 0. The minimum absolute atomic E-state index is 0.00774. The molecule has 1 aromatic carbocycles. The van der Waals surface area contributed by atoms with Crippen LogP contribution in [-0.4, -0.2) is 41.5 Å². The molecule has 1 atom stereocenters. The van der Waals surface area contributed by atoms with Crippen molar-refractivity contribution in [1.29, 1.82) is 0 Å². The molecule has 0 saturated carbocycles. The van der Waals surface area contributed by atoms with Crippen LogP contribution >= 0.6 is 22.6 Å². The van der Waals surface area contributed by atoms with Crippen LogP contribution in [-0.2, 0) is 9.53 Å². The van der Waals surface area contributed by atoms with E-state index in [4.69, 9.17) is 4.74 Å². The van der Waals surface area contributed by atoms with Gasteiger partial charge in [0.15, 0.2) is 5.75 Å². The Morgan fingerprint density at radius 3 is 2.62 bits per heavy atom. The lowest BCUT2D eigenvalue weighted by Crippen LogP contribution is -2.33. The van der Waals surface area contributed by atoms with Gasteiger partial charge in [-0.2, -0.15) is 0 Å². The van der Waals surface area contributed by atoms with Gasteiger partial charge in [0.1, 0.15) is 3.92 Å². The van der Waals surface area contributed by atoms with E-state index >= 15 is 0 Å². The zero-order chi connectivity index (χ0) is 16.0. The molecule has 0 bridgehead atoms. The molecule has 0 aliphatic rings. The van der Waals surface area contributed by atoms with Gasteiger partial charge in [-0.25, -0.2) is 0 Å². The summed E-state index contributed by atoms with van der Waals surface area (Å²) in [6, 6.07) is 3.78. The molecule has 1 amide bonds. The normalized spacial score (nSPS) is 11.4. The number of rotatable bonds is 6. The number of nitro groups is 1. The van der Waals surface area contributed by atoms with Gasteiger partial charge in [-0.15, -0.1) is 0 Å². The molecule has 0 heterocycles. The SMILES string of the molecule is COC(=O)C(I)CNC(=O)c1ccc([N+](=O)[O-])c(OC)c1. The van der Waals surface area contributed by atoms with Crippen LogP contribution < -0.4 is 10.1 Å². The first-order valence-corrected chi connectivity index (χ1v) is 6.97. The van der Waals surface area contributed by atoms with Crippen molar-refractivity contribution in [2.24, 2.45) is 0 Å². The minimum atomic E-state index is -0.599. The maximum Gasteiger partial charge on any atom is 0.320 e. The van der Waals surface area contributed by atoms with Gasteiger partial charge in [0.2, 0.25) is 0 Å². The molecule has 0 radical (unpaired) electrons. The van der Waals surface area contributed by atoms with Crippen molar-refractivity contribution in [2.75, 3.05) is 20.8 Å². The van der Waals surface area contributed by atoms with Crippen molar-refractivity contribution in [1.82, 2.24) is 5.32 Å². The van der Waals surface area contributed by atoms with Gasteiger partial charge in [0.25, 0.3) is 5.91 Å². The van der Waals surface area contributed by atoms with Crippen LogP contribution in [0.1, 0.15) is 10.4 Å². The molecular formula is C12H13IN2O6. The second-order valence-corrected chi connectivity index (χ2v) is 5.35. The van der Waals surface area contributed by atoms with Crippen LogP contribution in [0.2, 0.25) is 0 Å². The molecule has 8 nitrogen and oxygen atoms in total. The van der Waals surface area contributed by atoms with E-state index in [-0.39, 0.29) is 23.5 Å². The number of nitrogens with zero attached hydrogens (tertiary/aromatic N) is 1. The van der Waals surface area contributed by atoms with Crippen LogP contribution in [0.4, 0.5) is 5.69 Å². The first-order valence-electron chi connectivity index (χ1n) is 5.73. The third kappa shape index (κ3) is 4.55. The van der Waals surface area contributed by atoms with Crippen molar-refractivity contribution >= 4 is 40.2 Å². The Bertz CT molecular complexity index is 563. The van der Waals surface area contributed by atoms with Crippen molar-refractivity contribution in [2.45, 2.75) is 3.92 Å². The van der Waals surface area contributed by atoms with Crippen molar-refractivity contribution in [3.63, 3.8) is 0 Å². The number of hydrogen-bond acceptors (Lipinski definition) is 6. The van der Waals surface area contributed by atoms with Gasteiger partial charge in [-0.1, -0.05) is 22.6 Å². The summed E-state index contributed by atoms with van der Waals surface area (Å²) in [6.45, 7) is 0.0887. The predicted octanol–water partition coefficient (Wildman–Crippen LogP) is 1.31. The fourth-order valence-corrected chi connectivity index (χ4v) is 1.94. The molecule has 0 spiro atoms. The van der Waals surface area contributed by atoms with Gasteiger partial charge >= 0.3 is 11.7 Å². The van der Waals surface area contributed by atoms with E-state index < -0.39 is 20.7 Å². The lowest BCUT2D eigenvalue weighted by molar-refractivity contribution is -0.385. The van der Waals surface area contributed by atoms with Crippen LogP contribution in [0, 0.1) is 10.1 Å². The van der Waals surface area contributed by atoms with Crippen LogP contribution in [0.3, 0.4) is 0 Å². The van der Waals surface area contributed by atoms with Crippen molar-refractivity contribution in [3.8, 4) is 5.75 Å². The van der Waals surface area contributed by atoms with Crippen molar-refractivity contribution in [3.05, 3.63) is 33.9 Å². The zero-order valence-electron chi connectivity index (χ0n) is 11.3. The second-order valence-electron chi connectivity index (χ2n) is 3.84. The van der Waals surface area contributed by atoms with Gasteiger partial charge in [0.05, 0.1) is 19.1 Å². The molecule has 114 valence electrons. The van der Waals surface area contributed by atoms with Gasteiger partial charge in [0, 0.05) is 24.2 Å². The Kier molecular flexibility index (Phi) is 6.34. The van der Waals surface area contributed by atoms with E-state index in [9.17, 15) is 19.7 Å². The largest absolute Gasteiger partial charge is 0.490 e. The molecule has 1 rings (SSSR count). The third-order valence-corrected chi connectivity index (χ3v) is 3.49. The third-order valence-electron chi connectivity index (χ3n) is 2.54. The topological polar surface area (TPSA) is 108 Å². The average molecular weight is 408 g/mol. The van der Waals surface area contributed by atoms with E-state index in [1.54, 1.807) is 0 Å². The minimum Gasteiger partial charge on any atom is -0.490 e. The van der Waals surface area contributed by atoms with Crippen LogP contribution in [0.25, 0.3) is 0 Å². The highest BCUT2D eigenvalue weighted by Gasteiger charge is 2.19. The number of carbonyl (C=O) groups excluding carboxylic acids is 2. The van der Waals surface area contributed by atoms with E-state index in [1.165, 1.54) is 32.4 Å². The lowest BCUT2D eigenvalue weighted by Gasteiger charge is -2.10. The number of nitro benzene ring substituents is 1. The maximum absolute atomic E-state index is 11.9. The summed E-state index contributed by atoms with van der Waals surface area (Å²) in [5.41, 5.74) is -0.0266. The average Bonchev–Trinajstić information content (AvgIpc) is 2.50.